The highest BCUT2D eigenvalue weighted by atomic mass is 32.2. The van der Waals surface area contributed by atoms with Crippen molar-refractivity contribution in [2.45, 2.75) is 30.2 Å². The highest BCUT2D eigenvalue weighted by Gasteiger charge is 2.28. The average Bonchev–Trinajstić information content (AvgIpc) is 2.80. The first-order valence-electron chi connectivity index (χ1n) is 10.6. The molecule has 32 heavy (non-hydrogen) atoms. The summed E-state index contributed by atoms with van der Waals surface area (Å²) in [4.78, 5) is 15.0. The van der Waals surface area contributed by atoms with Gasteiger partial charge in [-0.25, -0.2) is 17.5 Å². The summed E-state index contributed by atoms with van der Waals surface area (Å²) < 4.78 is 40.9. The van der Waals surface area contributed by atoms with Gasteiger partial charge in [0.05, 0.1) is 4.90 Å². The van der Waals surface area contributed by atoms with Crippen molar-refractivity contribution in [1.82, 2.24) is 9.62 Å². The Labute approximate surface area is 187 Å². The van der Waals surface area contributed by atoms with Crippen molar-refractivity contribution in [1.29, 1.82) is 0 Å². The Balaban J connectivity index is 1.39. The SMILES string of the molecule is O=C(c1ccccc1Cc1ccccc1)N1CCC(NS(=O)(=O)c2ccc(F)cc2)CC1. The second-order valence-electron chi connectivity index (χ2n) is 7.96. The largest absolute Gasteiger partial charge is 0.339 e. The first kappa shape index (κ1) is 22.2. The standard InChI is InChI=1S/C25H25FN2O3S/c26-21-10-12-23(13-11-21)32(30,31)27-22-14-16-28(17-15-22)25(29)24-9-5-4-8-20(24)18-19-6-2-1-3-7-19/h1-13,22,27H,14-18H2. The summed E-state index contributed by atoms with van der Waals surface area (Å²) in [5, 5.41) is 0. The van der Waals surface area contributed by atoms with Crippen LogP contribution in [0.25, 0.3) is 0 Å². The Kier molecular flexibility index (Phi) is 6.67. The lowest BCUT2D eigenvalue weighted by atomic mass is 9.98. The third-order valence-electron chi connectivity index (χ3n) is 5.71. The number of sulfonamides is 1. The molecular formula is C25H25FN2O3S. The number of halogens is 1. The molecule has 1 aliphatic heterocycles. The monoisotopic (exact) mass is 452 g/mol. The maximum atomic E-state index is 13.2. The lowest BCUT2D eigenvalue weighted by Gasteiger charge is -2.32. The number of carbonyl (C=O) groups is 1. The third kappa shape index (κ3) is 5.23. The van der Waals surface area contributed by atoms with E-state index in [1.807, 2.05) is 54.6 Å². The van der Waals surface area contributed by atoms with Gasteiger partial charge >= 0.3 is 0 Å². The maximum Gasteiger partial charge on any atom is 0.254 e. The number of amides is 1. The minimum Gasteiger partial charge on any atom is -0.339 e. The summed E-state index contributed by atoms with van der Waals surface area (Å²) in [6.45, 7) is 0.935. The Morgan fingerprint density at radius 2 is 1.53 bits per heavy atom. The molecule has 1 saturated heterocycles. The van der Waals surface area contributed by atoms with E-state index in [1.54, 1.807) is 4.90 Å². The smallest absolute Gasteiger partial charge is 0.254 e. The first-order valence-corrected chi connectivity index (χ1v) is 12.1. The van der Waals surface area contributed by atoms with Gasteiger partial charge in [-0.2, -0.15) is 0 Å². The van der Waals surface area contributed by atoms with Crippen molar-refractivity contribution in [2.75, 3.05) is 13.1 Å². The summed E-state index contributed by atoms with van der Waals surface area (Å²) in [5.41, 5.74) is 2.80. The number of nitrogens with zero attached hydrogens (tertiary/aromatic N) is 1. The van der Waals surface area contributed by atoms with Crippen LogP contribution in [0.2, 0.25) is 0 Å². The van der Waals surface area contributed by atoms with Crippen molar-refractivity contribution in [2.24, 2.45) is 0 Å². The minimum absolute atomic E-state index is 0.0311. The van der Waals surface area contributed by atoms with E-state index in [4.69, 9.17) is 0 Å². The minimum atomic E-state index is -3.73. The van der Waals surface area contributed by atoms with Crippen LogP contribution in [0.15, 0.2) is 83.8 Å². The summed E-state index contributed by atoms with van der Waals surface area (Å²) in [6.07, 6.45) is 1.72. The third-order valence-corrected chi connectivity index (χ3v) is 7.25. The molecule has 1 fully saturated rings. The van der Waals surface area contributed by atoms with Crippen LogP contribution >= 0.6 is 0 Å². The Morgan fingerprint density at radius 3 is 2.22 bits per heavy atom. The van der Waals surface area contributed by atoms with Gasteiger partial charge in [0.1, 0.15) is 5.82 Å². The molecule has 0 radical (unpaired) electrons. The Morgan fingerprint density at radius 1 is 0.906 bits per heavy atom. The van der Waals surface area contributed by atoms with Gasteiger partial charge in [-0.15, -0.1) is 0 Å². The van der Waals surface area contributed by atoms with Gasteiger partial charge in [-0.05, 0) is 60.7 Å². The van der Waals surface area contributed by atoms with Gasteiger partial charge in [0, 0.05) is 24.7 Å². The topological polar surface area (TPSA) is 66.5 Å². The van der Waals surface area contributed by atoms with E-state index < -0.39 is 15.8 Å². The molecule has 0 aromatic heterocycles. The number of rotatable bonds is 6. The van der Waals surface area contributed by atoms with E-state index >= 15 is 0 Å². The second-order valence-corrected chi connectivity index (χ2v) is 9.68. The van der Waals surface area contributed by atoms with E-state index in [9.17, 15) is 17.6 Å². The molecule has 1 amide bonds. The molecule has 0 spiro atoms. The number of nitrogens with one attached hydrogen (secondary N) is 1. The van der Waals surface area contributed by atoms with E-state index in [1.165, 1.54) is 12.1 Å². The summed E-state index contributed by atoms with van der Waals surface area (Å²) in [7, 11) is -3.73. The molecule has 3 aromatic carbocycles. The fourth-order valence-electron chi connectivity index (χ4n) is 3.97. The van der Waals surface area contributed by atoms with Gasteiger partial charge in [0.15, 0.2) is 0 Å². The van der Waals surface area contributed by atoms with Gasteiger partial charge in [-0.3, -0.25) is 4.79 Å². The van der Waals surface area contributed by atoms with E-state index in [0.717, 1.165) is 23.3 Å². The van der Waals surface area contributed by atoms with Gasteiger partial charge in [-0.1, -0.05) is 48.5 Å². The predicted octanol–water partition coefficient (Wildman–Crippen LogP) is 4.00. The van der Waals surface area contributed by atoms with E-state index in [-0.39, 0.29) is 16.8 Å². The quantitative estimate of drug-likeness (QED) is 0.615. The highest BCUT2D eigenvalue weighted by Crippen LogP contribution is 2.20. The molecular weight excluding hydrogens is 427 g/mol. The molecule has 0 bridgehead atoms. The van der Waals surface area contributed by atoms with Crippen molar-refractivity contribution in [3.63, 3.8) is 0 Å². The van der Waals surface area contributed by atoms with Crippen LogP contribution in [0.5, 0.6) is 0 Å². The number of benzene rings is 3. The molecule has 1 heterocycles. The van der Waals surface area contributed by atoms with Crippen molar-refractivity contribution < 1.29 is 17.6 Å². The van der Waals surface area contributed by atoms with Gasteiger partial charge < -0.3 is 4.90 Å². The zero-order valence-electron chi connectivity index (χ0n) is 17.6. The molecule has 1 aliphatic rings. The number of hydrogen-bond acceptors (Lipinski definition) is 3. The predicted molar refractivity (Wildman–Crippen MR) is 121 cm³/mol. The normalized spacial score (nSPS) is 15.0. The van der Waals surface area contributed by atoms with Gasteiger partial charge in [0.25, 0.3) is 5.91 Å². The number of likely N-dealkylation sites (tertiary alicyclic amines) is 1. The Hall–Kier alpha value is -3.03. The molecule has 4 rings (SSSR count). The molecule has 7 heteroatoms. The zero-order chi connectivity index (χ0) is 22.6. The van der Waals surface area contributed by atoms with Crippen LogP contribution in [0.4, 0.5) is 4.39 Å². The molecule has 3 aromatic rings. The lowest BCUT2D eigenvalue weighted by Crippen LogP contribution is -2.46. The van der Waals surface area contributed by atoms with Crippen LogP contribution in [0.1, 0.15) is 34.3 Å². The molecule has 5 nitrogen and oxygen atoms in total. The van der Waals surface area contributed by atoms with Crippen molar-refractivity contribution in [3.8, 4) is 0 Å². The molecule has 0 unspecified atom stereocenters. The lowest BCUT2D eigenvalue weighted by molar-refractivity contribution is 0.0710. The van der Waals surface area contributed by atoms with E-state index in [2.05, 4.69) is 4.72 Å². The molecule has 166 valence electrons. The molecule has 0 atom stereocenters. The number of carbonyl (C=O) groups excluding carboxylic acids is 1. The van der Waals surface area contributed by atoms with Crippen molar-refractivity contribution in [3.05, 3.63) is 101 Å². The molecule has 1 N–H and O–H groups in total. The molecule has 0 aliphatic carbocycles. The van der Waals surface area contributed by atoms with Gasteiger partial charge in [0.2, 0.25) is 10.0 Å². The van der Waals surface area contributed by atoms with Crippen LogP contribution in [0, 0.1) is 5.82 Å². The maximum absolute atomic E-state index is 13.2. The van der Waals surface area contributed by atoms with Crippen molar-refractivity contribution >= 4 is 15.9 Å². The summed E-state index contributed by atoms with van der Waals surface area (Å²) in [6, 6.07) is 22.1. The first-order chi connectivity index (χ1) is 15.4. The Bertz CT molecular complexity index is 1170. The highest BCUT2D eigenvalue weighted by molar-refractivity contribution is 7.89. The second kappa shape index (κ2) is 9.63. The summed E-state index contributed by atoms with van der Waals surface area (Å²) in [5.74, 6) is -0.514. The van der Waals surface area contributed by atoms with Crippen LogP contribution in [0.3, 0.4) is 0 Å². The number of hydrogen-bond donors (Lipinski definition) is 1. The molecule has 0 saturated carbocycles. The zero-order valence-corrected chi connectivity index (χ0v) is 18.4. The fraction of sp³-hybridized carbons (Fsp3) is 0.240. The average molecular weight is 453 g/mol. The van der Waals surface area contributed by atoms with Crippen LogP contribution in [-0.4, -0.2) is 38.4 Å². The fourth-order valence-corrected chi connectivity index (χ4v) is 5.28. The number of piperidine rings is 1. The van der Waals surface area contributed by atoms with E-state index in [0.29, 0.717) is 37.9 Å². The summed E-state index contributed by atoms with van der Waals surface area (Å²) >= 11 is 0. The van der Waals surface area contributed by atoms with Crippen LogP contribution in [-0.2, 0) is 16.4 Å². The van der Waals surface area contributed by atoms with Crippen LogP contribution < -0.4 is 4.72 Å².